The summed E-state index contributed by atoms with van der Waals surface area (Å²) in [6.07, 6.45) is 1.19. The van der Waals surface area contributed by atoms with Crippen molar-refractivity contribution in [1.29, 1.82) is 5.26 Å². The zero-order valence-corrected chi connectivity index (χ0v) is 10.6. The fourth-order valence-electron chi connectivity index (χ4n) is 1.26. The third-order valence-electron chi connectivity index (χ3n) is 1.99. The van der Waals surface area contributed by atoms with Crippen LogP contribution in [0.2, 0.25) is 5.02 Å². The van der Waals surface area contributed by atoms with E-state index in [0.717, 1.165) is 0 Å². The van der Waals surface area contributed by atoms with Gasteiger partial charge in [0.25, 0.3) is 0 Å². The van der Waals surface area contributed by atoms with Crippen molar-refractivity contribution in [3.63, 3.8) is 0 Å². The molecule has 0 aliphatic carbocycles. The maximum absolute atomic E-state index is 11.2. The van der Waals surface area contributed by atoms with Crippen LogP contribution in [0.3, 0.4) is 0 Å². The van der Waals surface area contributed by atoms with Gasteiger partial charge in [-0.2, -0.15) is 5.26 Å². The summed E-state index contributed by atoms with van der Waals surface area (Å²) in [7, 11) is 0. The number of nitriles is 1. The van der Waals surface area contributed by atoms with Crippen molar-refractivity contribution in [2.45, 2.75) is 6.92 Å². The van der Waals surface area contributed by atoms with E-state index in [2.05, 4.69) is 0 Å². The lowest BCUT2D eigenvalue weighted by Crippen LogP contribution is -2.12. The molecule has 4 nitrogen and oxygen atoms in total. The molecule has 1 aromatic rings. The minimum Gasteiger partial charge on any atom is -0.480 e. The van der Waals surface area contributed by atoms with E-state index in [4.69, 9.17) is 26.3 Å². The quantitative estimate of drug-likeness (QED) is 0.467. The van der Waals surface area contributed by atoms with Crippen LogP contribution < -0.4 is 0 Å². The third-order valence-corrected chi connectivity index (χ3v) is 2.32. The number of rotatable bonds is 5. The van der Waals surface area contributed by atoms with Crippen LogP contribution in [0.1, 0.15) is 12.5 Å². The molecule has 0 radical (unpaired) electrons. The van der Waals surface area contributed by atoms with Gasteiger partial charge in [0.2, 0.25) is 0 Å². The number of carbonyl (C=O) groups excluding carboxylic acids is 1. The van der Waals surface area contributed by atoms with E-state index in [-0.39, 0.29) is 19.0 Å². The second-order valence-corrected chi connectivity index (χ2v) is 3.62. The highest BCUT2D eigenvalue weighted by Crippen LogP contribution is 2.24. The topological polar surface area (TPSA) is 59.3 Å². The van der Waals surface area contributed by atoms with Crippen molar-refractivity contribution in [1.82, 2.24) is 0 Å². The van der Waals surface area contributed by atoms with Gasteiger partial charge in [-0.1, -0.05) is 23.7 Å². The average molecular weight is 266 g/mol. The average Bonchev–Trinajstić information content (AvgIpc) is 2.36. The van der Waals surface area contributed by atoms with Crippen molar-refractivity contribution in [2.75, 3.05) is 13.2 Å². The highest BCUT2D eigenvalue weighted by atomic mass is 35.5. The maximum atomic E-state index is 11.2. The van der Waals surface area contributed by atoms with E-state index < -0.39 is 5.97 Å². The zero-order valence-electron chi connectivity index (χ0n) is 9.85. The van der Waals surface area contributed by atoms with E-state index in [9.17, 15) is 4.79 Å². The number of benzene rings is 1. The molecule has 0 aliphatic rings. The van der Waals surface area contributed by atoms with Crippen LogP contribution in [-0.4, -0.2) is 19.2 Å². The SMILES string of the molecule is CCOC(=O)CO/C(=C\C#N)c1ccccc1Cl. The summed E-state index contributed by atoms with van der Waals surface area (Å²) in [4.78, 5) is 11.2. The van der Waals surface area contributed by atoms with Gasteiger partial charge in [0.05, 0.1) is 23.8 Å². The number of allylic oxidation sites excluding steroid dienone is 1. The lowest BCUT2D eigenvalue weighted by Gasteiger charge is -2.10. The van der Waals surface area contributed by atoms with Gasteiger partial charge in [0.1, 0.15) is 5.76 Å². The molecule has 5 heteroatoms. The van der Waals surface area contributed by atoms with Crippen molar-refractivity contribution in [2.24, 2.45) is 0 Å². The number of ether oxygens (including phenoxy) is 2. The lowest BCUT2D eigenvalue weighted by molar-refractivity contribution is -0.146. The van der Waals surface area contributed by atoms with Crippen LogP contribution in [0, 0.1) is 11.3 Å². The fraction of sp³-hybridized carbons (Fsp3) is 0.231. The second kappa shape index (κ2) is 7.36. The molecule has 0 amide bonds. The van der Waals surface area contributed by atoms with E-state index in [1.54, 1.807) is 31.2 Å². The van der Waals surface area contributed by atoms with Gasteiger partial charge in [0.15, 0.2) is 6.61 Å². The molecule has 0 N–H and O–H groups in total. The minimum absolute atomic E-state index is 0.246. The molecule has 18 heavy (non-hydrogen) atoms. The summed E-state index contributed by atoms with van der Waals surface area (Å²) in [5.74, 6) is -0.246. The van der Waals surface area contributed by atoms with E-state index >= 15 is 0 Å². The largest absolute Gasteiger partial charge is 0.480 e. The van der Waals surface area contributed by atoms with Gasteiger partial charge in [-0.05, 0) is 19.1 Å². The Morgan fingerprint density at radius 1 is 1.44 bits per heavy atom. The molecular formula is C13H12ClNO3. The van der Waals surface area contributed by atoms with Gasteiger partial charge < -0.3 is 9.47 Å². The van der Waals surface area contributed by atoms with Gasteiger partial charge in [-0.25, -0.2) is 4.79 Å². The second-order valence-electron chi connectivity index (χ2n) is 3.21. The van der Waals surface area contributed by atoms with Crippen LogP contribution in [0.15, 0.2) is 30.3 Å². The molecule has 0 atom stereocenters. The Kier molecular flexibility index (Phi) is 5.75. The number of carbonyl (C=O) groups is 1. The van der Waals surface area contributed by atoms with Crippen LogP contribution >= 0.6 is 11.6 Å². The summed E-state index contributed by atoms with van der Waals surface area (Å²) in [6.45, 7) is 1.73. The number of esters is 1. The Labute approximate surface area is 110 Å². The summed E-state index contributed by atoms with van der Waals surface area (Å²) in [5, 5.41) is 9.14. The predicted molar refractivity (Wildman–Crippen MR) is 67.6 cm³/mol. The molecule has 0 fully saturated rings. The maximum Gasteiger partial charge on any atom is 0.344 e. The van der Waals surface area contributed by atoms with E-state index in [0.29, 0.717) is 10.6 Å². The molecule has 0 aliphatic heterocycles. The van der Waals surface area contributed by atoms with E-state index in [1.807, 2.05) is 6.07 Å². The fourth-order valence-corrected chi connectivity index (χ4v) is 1.49. The molecule has 0 bridgehead atoms. The summed E-state index contributed by atoms with van der Waals surface area (Å²) >= 11 is 5.98. The summed E-state index contributed by atoms with van der Waals surface area (Å²) in [6, 6.07) is 8.76. The minimum atomic E-state index is -0.492. The molecular weight excluding hydrogens is 254 g/mol. The lowest BCUT2D eigenvalue weighted by atomic mass is 10.2. The van der Waals surface area contributed by atoms with Crippen molar-refractivity contribution < 1.29 is 14.3 Å². The van der Waals surface area contributed by atoms with Gasteiger partial charge in [-0.15, -0.1) is 0 Å². The number of nitrogens with zero attached hydrogens (tertiary/aromatic N) is 1. The molecule has 0 unspecified atom stereocenters. The molecule has 0 spiro atoms. The Morgan fingerprint density at radius 3 is 2.78 bits per heavy atom. The first-order valence-corrected chi connectivity index (χ1v) is 5.70. The highest BCUT2D eigenvalue weighted by molar-refractivity contribution is 6.32. The molecule has 0 saturated heterocycles. The van der Waals surface area contributed by atoms with Gasteiger partial charge >= 0.3 is 5.97 Å². The Morgan fingerprint density at radius 2 is 2.17 bits per heavy atom. The van der Waals surface area contributed by atoms with Crippen molar-refractivity contribution >= 4 is 23.3 Å². The summed E-state index contributed by atoms with van der Waals surface area (Å²) < 4.78 is 9.97. The number of hydrogen-bond donors (Lipinski definition) is 0. The van der Waals surface area contributed by atoms with Crippen LogP contribution in [0.25, 0.3) is 5.76 Å². The van der Waals surface area contributed by atoms with Crippen molar-refractivity contribution in [3.05, 3.63) is 40.9 Å². The first-order valence-electron chi connectivity index (χ1n) is 5.32. The normalized spacial score (nSPS) is 10.6. The molecule has 1 aromatic carbocycles. The standard InChI is InChI=1S/C13H12ClNO3/c1-2-17-13(16)9-18-12(7-8-15)10-5-3-4-6-11(10)14/h3-7H,2,9H2,1H3/b12-7-. The molecule has 0 heterocycles. The first-order chi connectivity index (χ1) is 8.69. The predicted octanol–water partition coefficient (Wildman–Crippen LogP) is 2.78. The van der Waals surface area contributed by atoms with Gasteiger partial charge in [-0.3, -0.25) is 0 Å². The molecule has 0 saturated carbocycles. The van der Waals surface area contributed by atoms with Crippen molar-refractivity contribution in [3.8, 4) is 6.07 Å². The first kappa shape index (κ1) is 14.1. The Hall–Kier alpha value is -1.99. The molecule has 1 rings (SSSR count). The molecule has 94 valence electrons. The summed E-state index contributed by atoms with van der Waals surface area (Å²) in [5.41, 5.74) is 0.560. The Bertz CT molecular complexity index is 491. The number of halogens is 1. The highest BCUT2D eigenvalue weighted by Gasteiger charge is 2.10. The zero-order chi connectivity index (χ0) is 13.4. The smallest absolute Gasteiger partial charge is 0.344 e. The van der Waals surface area contributed by atoms with Crippen LogP contribution in [0.4, 0.5) is 0 Å². The number of hydrogen-bond acceptors (Lipinski definition) is 4. The van der Waals surface area contributed by atoms with Crippen LogP contribution in [-0.2, 0) is 14.3 Å². The van der Waals surface area contributed by atoms with E-state index in [1.165, 1.54) is 6.08 Å². The molecule has 0 aromatic heterocycles. The Balaban J connectivity index is 2.80. The third kappa shape index (κ3) is 4.11. The monoisotopic (exact) mass is 265 g/mol. The van der Waals surface area contributed by atoms with Crippen LogP contribution in [0.5, 0.6) is 0 Å². The van der Waals surface area contributed by atoms with Gasteiger partial charge in [0, 0.05) is 5.56 Å².